The minimum Gasteiger partial charge on any atom is -0.453 e. The number of rotatable bonds is 1. The highest BCUT2D eigenvalue weighted by Gasteiger charge is 2.33. The maximum Gasteiger partial charge on any atom is 0.409 e. The van der Waals surface area contributed by atoms with E-state index < -0.39 is 6.09 Å². The van der Waals surface area contributed by atoms with E-state index in [9.17, 15) is 14.9 Å². The van der Waals surface area contributed by atoms with Gasteiger partial charge in [-0.15, -0.1) is 0 Å². The number of amides is 1. The minimum atomic E-state index is -0.423. The zero-order chi connectivity index (χ0) is 12.4. The van der Waals surface area contributed by atoms with Crippen LogP contribution in [0.4, 0.5) is 4.79 Å². The Hall–Kier alpha value is -1.85. The summed E-state index contributed by atoms with van der Waals surface area (Å²) in [5.41, 5.74) is 0.879. The van der Waals surface area contributed by atoms with Crippen LogP contribution in [-0.4, -0.2) is 36.1 Å². The summed E-state index contributed by atoms with van der Waals surface area (Å²) in [6.07, 6.45) is 4.52. The van der Waals surface area contributed by atoms with Crippen LogP contribution in [0.2, 0.25) is 0 Å². The summed E-state index contributed by atoms with van der Waals surface area (Å²) in [5.74, 6) is 0.196. The van der Waals surface area contributed by atoms with Crippen molar-refractivity contribution in [3.05, 3.63) is 33.5 Å². The molecular formula is C11H14N2O4. The Bertz CT molecular complexity index is 414. The molecule has 1 aliphatic heterocycles. The van der Waals surface area contributed by atoms with Crippen LogP contribution in [-0.2, 0) is 4.74 Å². The van der Waals surface area contributed by atoms with E-state index >= 15 is 0 Å². The third-order valence-corrected chi connectivity index (χ3v) is 3.26. The van der Waals surface area contributed by atoms with Crippen molar-refractivity contribution in [2.45, 2.75) is 12.8 Å². The van der Waals surface area contributed by atoms with Gasteiger partial charge >= 0.3 is 6.09 Å². The molecule has 0 bridgehead atoms. The number of likely N-dealkylation sites (tertiary alicyclic amines) is 1. The van der Waals surface area contributed by atoms with Gasteiger partial charge in [0.15, 0.2) is 0 Å². The van der Waals surface area contributed by atoms with E-state index in [-0.39, 0.29) is 16.5 Å². The van der Waals surface area contributed by atoms with Crippen molar-refractivity contribution < 1.29 is 14.5 Å². The first kappa shape index (κ1) is 11.6. The smallest absolute Gasteiger partial charge is 0.409 e. The predicted octanol–water partition coefficient (Wildman–Crippen LogP) is 1.57. The number of hydrogen-bond acceptors (Lipinski definition) is 4. The molecule has 92 valence electrons. The van der Waals surface area contributed by atoms with E-state index in [2.05, 4.69) is 4.74 Å². The molecule has 2 aliphatic rings. The molecule has 0 radical (unpaired) electrons. The number of allylic oxidation sites excluding steroid dienone is 2. The SMILES string of the molecule is COC(=O)N1CCC2CC=CC([N+](=O)[O-])=C2C1. The predicted molar refractivity (Wildman–Crippen MR) is 59.9 cm³/mol. The lowest BCUT2D eigenvalue weighted by Gasteiger charge is -2.33. The topological polar surface area (TPSA) is 72.7 Å². The lowest BCUT2D eigenvalue weighted by Crippen LogP contribution is -2.41. The lowest BCUT2D eigenvalue weighted by molar-refractivity contribution is -0.421. The fourth-order valence-electron chi connectivity index (χ4n) is 2.36. The average molecular weight is 238 g/mol. The second kappa shape index (κ2) is 4.57. The molecule has 6 nitrogen and oxygen atoms in total. The quantitative estimate of drug-likeness (QED) is 0.513. The normalized spacial score (nSPS) is 23.4. The molecule has 1 fully saturated rings. The Labute approximate surface area is 98.7 Å². The van der Waals surface area contributed by atoms with E-state index in [1.54, 1.807) is 0 Å². The van der Waals surface area contributed by atoms with Crippen molar-refractivity contribution in [1.29, 1.82) is 0 Å². The number of carbonyl (C=O) groups is 1. The van der Waals surface area contributed by atoms with Gasteiger partial charge in [-0.05, 0) is 18.8 Å². The average Bonchev–Trinajstić information content (AvgIpc) is 2.36. The van der Waals surface area contributed by atoms with Crippen molar-refractivity contribution >= 4 is 6.09 Å². The Morgan fingerprint density at radius 1 is 1.65 bits per heavy atom. The summed E-state index contributed by atoms with van der Waals surface area (Å²) in [4.78, 5) is 23.5. The molecule has 0 spiro atoms. The van der Waals surface area contributed by atoms with Gasteiger partial charge in [0.2, 0.25) is 0 Å². The van der Waals surface area contributed by atoms with Crippen LogP contribution in [0.5, 0.6) is 0 Å². The van der Waals surface area contributed by atoms with Crippen LogP contribution in [0.15, 0.2) is 23.4 Å². The highest BCUT2D eigenvalue weighted by Crippen LogP contribution is 2.32. The van der Waals surface area contributed by atoms with E-state index in [1.165, 1.54) is 18.1 Å². The molecule has 0 aromatic rings. The standard InChI is InChI=1S/C11H14N2O4/c1-17-11(14)12-6-5-8-3-2-4-10(13(15)16)9(8)7-12/h2,4,8H,3,5-7H2,1H3. The number of piperidine rings is 1. The van der Waals surface area contributed by atoms with Gasteiger partial charge in [-0.1, -0.05) is 6.08 Å². The van der Waals surface area contributed by atoms with Crippen LogP contribution >= 0.6 is 0 Å². The van der Waals surface area contributed by atoms with Gasteiger partial charge in [0.05, 0.1) is 18.6 Å². The number of ether oxygens (including phenoxy) is 1. The number of methoxy groups -OCH3 is 1. The van der Waals surface area contributed by atoms with Gasteiger partial charge in [0.1, 0.15) is 0 Å². The number of nitrogens with zero attached hydrogens (tertiary/aromatic N) is 2. The van der Waals surface area contributed by atoms with Crippen molar-refractivity contribution in [3.63, 3.8) is 0 Å². The van der Waals surface area contributed by atoms with Gasteiger partial charge in [0, 0.05) is 18.2 Å². The lowest BCUT2D eigenvalue weighted by atomic mass is 9.84. The number of nitro groups is 1. The highest BCUT2D eigenvalue weighted by atomic mass is 16.6. The monoisotopic (exact) mass is 238 g/mol. The fraction of sp³-hybridized carbons (Fsp3) is 0.545. The summed E-state index contributed by atoms with van der Waals surface area (Å²) < 4.78 is 4.64. The maximum absolute atomic E-state index is 11.4. The molecule has 1 atom stereocenters. The van der Waals surface area contributed by atoms with E-state index in [1.807, 2.05) is 6.08 Å². The van der Waals surface area contributed by atoms with E-state index in [4.69, 9.17) is 0 Å². The fourth-order valence-corrected chi connectivity index (χ4v) is 2.36. The van der Waals surface area contributed by atoms with E-state index in [0.29, 0.717) is 13.1 Å². The van der Waals surface area contributed by atoms with E-state index in [0.717, 1.165) is 18.4 Å². The van der Waals surface area contributed by atoms with Gasteiger partial charge in [-0.3, -0.25) is 10.1 Å². The van der Waals surface area contributed by atoms with Crippen molar-refractivity contribution in [2.24, 2.45) is 5.92 Å². The molecule has 0 aromatic carbocycles. The molecule has 1 unspecified atom stereocenters. The van der Waals surface area contributed by atoms with Gasteiger partial charge in [-0.25, -0.2) is 4.79 Å². The zero-order valence-electron chi connectivity index (χ0n) is 9.59. The summed E-state index contributed by atoms with van der Waals surface area (Å²) in [7, 11) is 1.32. The maximum atomic E-state index is 11.4. The van der Waals surface area contributed by atoms with Gasteiger partial charge < -0.3 is 9.64 Å². The first-order chi connectivity index (χ1) is 8.13. The van der Waals surface area contributed by atoms with Crippen molar-refractivity contribution in [3.8, 4) is 0 Å². The van der Waals surface area contributed by atoms with Crippen LogP contribution in [0.1, 0.15) is 12.8 Å². The summed E-state index contributed by atoms with van der Waals surface area (Å²) >= 11 is 0. The molecule has 0 saturated carbocycles. The van der Waals surface area contributed by atoms with Gasteiger partial charge in [-0.2, -0.15) is 0 Å². The molecule has 1 amide bonds. The molecule has 0 aromatic heterocycles. The summed E-state index contributed by atoms with van der Waals surface area (Å²) in [6.45, 7) is 0.900. The molecule has 6 heteroatoms. The Morgan fingerprint density at radius 3 is 3.06 bits per heavy atom. The van der Waals surface area contributed by atoms with Gasteiger partial charge in [0.25, 0.3) is 5.70 Å². The highest BCUT2D eigenvalue weighted by molar-refractivity contribution is 5.68. The van der Waals surface area contributed by atoms with Crippen LogP contribution < -0.4 is 0 Å². The third-order valence-electron chi connectivity index (χ3n) is 3.26. The second-order valence-corrected chi connectivity index (χ2v) is 4.18. The Morgan fingerprint density at radius 2 is 2.41 bits per heavy atom. The molecule has 1 saturated heterocycles. The Kier molecular flexibility index (Phi) is 3.12. The van der Waals surface area contributed by atoms with Crippen molar-refractivity contribution in [2.75, 3.05) is 20.2 Å². The molecule has 0 N–H and O–H groups in total. The molecule has 1 heterocycles. The molecule has 17 heavy (non-hydrogen) atoms. The van der Waals surface area contributed by atoms with Crippen LogP contribution in [0, 0.1) is 16.0 Å². The van der Waals surface area contributed by atoms with Crippen LogP contribution in [0.3, 0.4) is 0 Å². The molecule has 1 aliphatic carbocycles. The second-order valence-electron chi connectivity index (χ2n) is 4.18. The largest absolute Gasteiger partial charge is 0.453 e. The first-order valence-electron chi connectivity index (χ1n) is 5.50. The third kappa shape index (κ3) is 2.15. The number of fused-ring (bicyclic) bond motifs is 1. The Balaban J connectivity index is 2.26. The molecule has 2 rings (SSSR count). The summed E-state index contributed by atoms with van der Waals surface area (Å²) in [6, 6.07) is 0. The summed E-state index contributed by atoms with van der Waals surface area (Å²) in [5, 5.41) is 10.9. The number of carbonyl (C=O) groups excluding carboxylic acids is 1. The van der Waals surface area contributed by atoms with Crippen molar-refractivity contribution in [1.82, 2.24) is 4.90 Å². The number of hydrogen-bond donors (Lipinski definition) is 0. The van der Waals surface area contributed by atoms with Crippen LogP contribution in [0.25, 0.3) is 0 Å². The molecular weight excluding hydrogens is 224 g/mol. The first-order valence-corrected chi connectivity index (χ1v) is 5.50. The minimum absolute atomic E-state index is 0.134. The zero-order valence-corrected chi connectivity index (χ0v) is 9.59.